The van der Waals surface area contributed by atoms with E-state index in [-0.39, 0.29) is 11.1 Å². The summed E-state index contributed by atoms with van der Waals surface area (Å²) in [5, 5.41) is 7.18. The summed E-state index contributed by atoms with van der Waals surface area (Å²) in [6.07, 6.45) is 2.11. The maximum Gasteiger partial charge on any atom is 0.222 e. The van der Waals surface area contributed by atoms with E-state index in [1.165, 1.54) is 0 Å². The largest absolute Gasteiger partial charge is 0.368 e. The van der Waals surface area contributed by atoms with Crippen LogP contribution in [0.25, 0.3) is 0 Å². The molecule has 4 N–H and O–H groups in total. The van der Waals surface area contributed by atoms with E-state index >= 15 is 0 Å². The van der Waals surface area contributed by atoms with E-state index in [1.807, 2.05) is 13.0 Å². The molecule has 5 nitrogen and oxygen atoms in total. The van der Waals surface area contributed by atoms with Gasteiger partial charge in [0.1, 0.15) is 5.82 Å². The van der Waals surface area contributed by atoms with Crippen molar-refractivity contribution in [2.75, 3.05) is 11.1 Å². The SMILES string of the molecule is Cc1cc(NC2CC(C)(C)NC(C)(C)C2)nc(N)n1. The van der Waals surface area contributed by atoms with Crippen LogP contribution in [-0.2, 0) is 0 Å². The number of rotatable bonds is 2. The van der Waals surface area contributed by atoms with Crippen LogP contribution in [0.2, 0.25) is 0 Å². The molecular weight excluding hydrogens is 238 g/mol. The van der Waals surface area contributed by atoms with Crippen molar-refractivity contribution in [2.24, 2.45) is 0 Å². The lowest BCUT2D eigenvalue weighted by Crippen LogP contribution is -2.60. The topological polar surface area (TPSA) is 75.9 Å². The molecule has 0 aliphatic carbocycles. The number of piperidine rings is 1. The Morgan fingerprint density at radius 3 is 2.32 bits per heavy atom. The molecule has 2 rings (SSSR count). The molecule has 1 aliphatic rings. The van der Waals surface area contributed by atoms with Gasteiger partial charge in [-0.2, -0.15) is 4.98 Å². The third-order valence-corrected chi connectivity index (χ3v) is 3.41. The highest BCUT2D eigenvalue weighted by Crippen LogP contribution is 2.30. The fourth-order valence-electron chi connectivity index (χ4n) is 3.30. The van der Waals surface area contributed by atoms with E-state index in [4.69, 9.17) is 5.73 Å². The van der Waals surface area contributed by atoms with Crippen LogP contribution < -0.4 is 16.4 Å². The first-order chi connectivity index (χ1) is 8.65. The van der Waals surface area contributed by atoms with Crippen molar-refractivity contribution in [2.45, 2.75) is 64.6 Å². The van der Waals surface area contributed by atoms with Crippen LogP contribution >= 0.6 is 0 Å². The fourth-order valence-corrected chi connectivity index (χ4v) is 3.30. The highest BCUT2D eigenvalue weighted by molar-refractivity contribution is 5.41. The molecule has 1 aromatic heterocycles. The van der Waals surface area contributed by atoms with E-state index < -0.39 is 0 Å². The lowest BCUT2D eigenvalue weighted by atomic mass is 9.79. The predicted octanol–water partition coefficient (Wildman–Crippen LogP) is 2.09. The van der Waals surface area contributed by atoms with Gasteiger partial charge < -0.3 is 16.4 Å². The second kappa shape index (κ2) is 4.63. The molecule has 19 heavy (non-hydrogen) atoms. The Kier molecular flexibility index (Phi) is 3.43. The minimum atomic E-state index is 0.118. The lowest BCUT2D eigenvalue weighted by Gasteiger charge is -2.46. The molecular formula is C14H25N5. The number of anilines is 2. The number of aromatic nitrogens is 2. The number of nitrogens with zero attached hydrogens (tertiary/aromatic N) is 2. The number of hydrogen-bond donors (Lipinski definition) is 3. The number of nitrogens with one attached hydrogen (secondary N) is 2. The van der Waals surface area contributed by atoms with Crippen LogP contribution in [0.4, 0.5) is 11.8 Å². The van der Waals surface area contributed by atoms with Crippen LogP contribution in [0.1, 0.15) is 46.2 Å². The maximum atomic E-state index is 5.70. The molecule has 1 saturated heterocycles. The number of nitrogen functional groups attached to an aromatic ring is 1. The third kappa shape index (κ3) is 3.80. The number of hydrogen-bond acceptors (Lipinski definition) is 5. The first-order valence-electron chi connectivity index (χ1n) is 6.82. The average molecular weight is 263 g/mol. The summed E-state index contributed by atoms with van der Waals surface area (Å²) in [6.45, 7) is 10.9. The van der Waals surface area contributed by atoms with Gasteiger partial charge >= 0.3 is 0 Å². The molecule has 0 bridgehead atoms. The van der Waals surface area contributed by atoms with Crippen molar-refractivity contribution in [3.63, 3.8) is 0 Å². The van der Waals surface area contributed by atoms with Crippen LogP contribution in [0, 0.1) is 6.92 Å². The van der Waals surface area contributed by atoms with Crippen LogP contribution in [-0.4, -0.2) is 27.1 Å². The summed E-state index contributed by atoms with van der Waals surface area (Å²) in [4.78, 5) is 8.36. The Balaban J connectivity index is 2.14. The minimum Gasteiger partial charge on any atom is -0.368 e. The fraction of sp³-hybridized carbons (Fsp3) is 0.714. The van der Waals surface area contributed by atoms with Gasteiger partial charge in [-0.1, -0.05) is 0 Å². The first-order valence-corrected chi connectivity index (χ1v) is 6.82. The summed E-state index contributed by atoms with van der Waals surface area (Å²) in [5.41, 5.74) is 6.82. The molecule has 0 saturated carbocycles. The van der Waals surface area contributed by atoms with Crippen LogP contribution in [0.5, 0.6) is 0 Å². The molecule has 1 aromatic rings. The van der Waals surface area contributed by atoms with E-state index in [2.05, 4.69) is 48.3 Å². The zero-order valence-corrected chi connectivity index (χ0v) is 12.5. The molecule has 1 fully saturated rings. The first kappa shape index (κ1) is 14.1. The van der Waals surface area contributed by atoms with Crippen molar-refractivity contribution >= 4 is 11.8 Å². The standard InChI is InChI=1S/C14H25N5/c1-9-6-11(18-12(15)16-9)17-10-7-13(2,3)19-14(4,5)8-10/h6,10,19H,7-8H2,1-5H3,(H3,15,16,17,18). The maximum absolute atomic E-state index is 5.70. The monoisotopic (exact) mass is 263 g/mol. The molecule has 2 heterocycles. The van der Waals surface area contributed by atoms with Gasteiger partial charge in [-0.15, -0.1) is 0 Å². The van der Waals surface area contributed by atoms with Crippen molar-refractivity contribution in [3.8, 4) is 0 Å². The summed E-state index contributed by atoms with van der Waals surface area (Å²) < 4.78 is 0. The molecule has 106 valence electrons. The van der Waals surface area contributed by atoms with Gasteiger partial charge in [-0.3, -0.25) is 0 Å². The Morgan fingerprint density at radius 2 is 1.79 bits per heavy atom. The number of nitrogens with two attached hydrogens (primary N) is 1. The van der Waals surface area contributed by atoms with Gasteiger partial charge in [0, 0.05) is 28.9 Å². The molecule has 0 aromatic carbocycles. The molecule has 0 spiro atoms. The average Bonchev–Trinajstić information content (AvgIpc) is 2.08. The second-order valence-corrected chi connectivity index (χ2v) is 6.90. The third-order valence-electron chi connectivity index (χ3n) is 3.41. The van der Waals surface area contributed by atoms with Gasteiger partial charge in [0.15, 0.2) is 0 Å². The molecule has 5 heteroatoms. The normalized spacial score (nSPS) is 22.2. The Hall–Kier alpha value is -1.36. The van der Waals surface area contributed by atoms with Crippen LogP contribution in [0.3, 0.4) is 0 Å². The van der Waals surface area contributed by atoms with Crippen LogP contribution in [0.15, 0.2) is 6.07 Å². The van der Waals surface area contributed by atoms with Gasteiger partial charge in [-0.05, 0) is 47.5 Å². The van der Waals surface area contributed by atoms with Crippen molar-refractivity contribution in [1.82, 2.24) is 15.3 Å². The summed E-state index contributed by atoms with van der Waals surface area (Å²) in [7, 11) is 0. The van der Waals surface area contributed by atoms with Crippen molar-refractivity contribution in [3.05, 3.63) is 11.8 Å². The zero-order chi connectivity index (χ0) is 14.3. The molecule has 0 amide bonds. The van der Waals surface area contributed by atoms with Crippen molar-refractivity contribution in [1.29, 1.82) is 0 Å². The summed E-state index contributed by atoms with van der Waals surface area (Å²) >= 11 is 0. The molecule has 0 atom stereocenters. The summed E-state index contributed by atoms with van der Waals surface area (Å²) in [5.74, 6) is 1.15. The molecule has 0 unspecified atom stereocenters. The van der Waals surface area contributed by atoms with Gasteiger partial charge in [0.2, 0.25) is 5.95 Å². The Labute approximate surface area is 115 Å². The zero-order valence-electron chi connectivity index (χ0n) is 12.5. The second-order valence-electron chi connectivity index (χ2n) is 6.90. The van der Waals surface area contributed by atoms with E-state index in [1.54, 1.807) is 0 Å². The smallest absolute Gasteiger partial charge is 0.222 e. The highest BCUT2D eigenvalue weighted by atomic mass is 15.1. The minimum absolute atomic E-state index is 0.118. The highest BCUT2D eigenvalue weighted by Gasteiger charge is 2.37. The molecule has 0 radical (unpaired) electrons. The quantitative estimate of drug-likeness (QED) is 0.761. The van der Waals surface area contributed by atoms with E-state index in [0.717, 1.165) is 24.4 Å². The molecule has 1 aliphatic heterocycles. The van der Waals surface area contributed by atoms with E-state index in [9.17, 15) is 0 Å². The number of aryl methyl sites for hydroxylation is 1. The summed E-state index contributed by atoms with van der Waals surface area (Å²) in [6, 6.07) is 2.33. The Bertz CT molecular complexity index is 431. The van der Waals surface area contributed by atoms with E-state index in [0.29, 0.717) is 12.0 Å². The Morgan fingerprint density at radius 1 is 1.21 bits per heavy atom. The van der Waals surface area contributed by atoms with Crippen molar-refractivity contribution < 1.29 is 0 Å². The van der Waals surface area contributed by atoms with Gasteiger partial charge in [0.05, 0.1) is 0 Å². The van der Waals surface area contributed by atoms with Gasteiger partial charge in [-0.25, -0.2) is 4.98 Å². The lowest BCUT2D eigenvalue weighted by molar-refractivity contribution is 0.170. The van der Waals surface area contributed by atoms with Gasteiger partial charge in [0.25, 0.3) is 0 Å². The predicted molar refractivity (Wildman–Crippen MR) is 79.1 cm³/mol.